The number of rotatable bonds is 4. The van der Waals surface area contributed by atoms with Gasteiger partial charge >= 0.3 is 0 Å². The number of ketones is 1. The number of thiophene rings is 1. The minimum atomic E-state index is -0.0285. The number of benzene rings is 1. The molecule has 0 spiro atoms. The summed E-state index contributed by atoms with van der Waals surface area (Å²) in [4.78, 5) is 20.9. The Hall–Kier alpha value is -2.79. The Bertz CT molecular complexity index is 972. The van der Waals surface area contributed by atoms with Gasteiger partial charge in [-0.15, -0.1) is 11.3 Å². The first kappa shape index (κ1) is 13.8. The molecule has 0 aliphatic heterocycles. The lowest BCUT2D eigenvalue weighted by Crippen LogP contribution is -2.00. The SMILES string of the molecule is O=C(c1cncnc1)c1cc(Cn2ccc3ccccc32)cs1. The topological polar surface area (TPSA) is 47.8 Å². The second-order valence-corrected chi connectivity index (χ2v) is 6.19. The molecule has 0 radical (unpaired) electrons. The second kappa shape index (κ2) is 5.78. The van der Waals surface area contributed by atoms with E-state index >= 15 is 0 Å². The molecule has 5 heteroatoms. The summed E-state index contributed by atoms with van der Waals surface area (Å²) >= 11 is 1.46. The summed E-state index contributed by atoms with van der Waals surface area (Å²) < 4.78 is 2.19. The van der Waals surface area contributed by atoms with Crippen molar-refractivity contribution < 1.29 is 4.79 Å². The highest BCUT2D eigenvalue weighted by Gasteiger charge is 2.13. The van der Waals surface area contributed by atoms with Crippen molar-refractivity contribution in [2.75, 3.05) is 0 Å². The largest absolute Gasteiger partial charge is 0.343 e. The Balaban J connectivity index is 1.60. The highest BCUT2D eigenvalue weighted by Crippen LogP contribution is 2.21. The van der Waals surface area contributed by atoms with Gasteiger partial charge in [-0.3, -0.25) is 4.79 Å². The Morgan fingerprint density at radius 1 is 1.13 bits per heavy atom. The number of nitrogens with zero attached hydrogens (tertiary/aromatic N) is 3. The van der Waals surface area contributed by atoms with Crippen LogP contribution in [0.5, 0.6) is 0 Å². The minimum absolute atomic E-state index is 0.0285. The van der Waals surface area contributed by atoms with Gasteiger partial charge in [-0.1, -0.05) is 18.2 Å². The molecule has 23 heavy (non-hydrogen) atoms. The molecule has 1 aromatic carbocycles. The number of hydrogen-bond donors (Lipinski definition) is 0. The van der Waals surface area contributed by atoms with Crippen LogP contribution in [0.15, 0.2) is 66.7 Å². The smallest absolute Gasteiger partial charge is 0.206 e. The predicted octanol–water partition coefficient (Wildman–Crippen LogP) is 3.77. The van der Waals surface area contributed by atoms with E-state index in [0.717, 1.165) is 12.1 Å². The maximum atomic E-state index is 12.4. The van der Waals surface area contributed by atoms with Crippen LogP contribution in [0.25, 0.3) is 10.9 Å². The summed E-state index contributed by atoms with van der Waals surface area (Å²) in [6.07, 6.45) is 6.60. The number of fused-ring (bicyclic) bond motifs is 1. The summed E-state index contributed by atoms with van der Waals surface area (Å²) in [5, 5.41) is 3.26. The van der Waals surface area contributed by atoms with E-state index in [-0.39, 0.29) is 5.78 Å². The minimum Gasteiger partial charge on any atom is -0.343 e. The van der Waals surface area contributed by atoms with Gasteiger partial charge in [0.2, 0.25) is 5.78 Å². The fraction of sp³-hybridized carbons (Fsp3) is 0.0556. The molecule has 0 saturated carbocycles. The molecule has 0 N–H and O–H groups in total. The van der Waals surface area contributed by atoms with Crippen molar-refractivity contribution in [2.24, 2.45) is 0 Å². The molecule has 0 bridgehead atoms. The normalized spacial score (nSPS) is 11.0. The van der Waals surface area contributed by atoms with E-state index in [2.05, 4.69) is 38.9 Å². The second-order valence-electron chi connectivity index (χ2n) is 5.28. The molecule has 4 rings (SSSR count). The van der Waals surface area contributed by atoms with E-state index in [0.29, 0.717) is 10.4 Å². The molecule has 3 aromatic heterocycles. The van der Waals surface area contributed by atoms with Crippen molar-refractivity contribution in [1.82, 2.24) is 14.5 Å². The number of carbonyl (C=O) groups excluding carboxylic acids is 1. The lowest BCUT2D eigenvalue weighted by molar-refractivity contribution is 0.104. The Labute approximate surface area is 137 Å². The van der Waals surface area contributed by atoms with E-state index < -0.39 is 0 Å². The van der Waals surface area contributed by atoms with Crippen molar-refractivity contribution in [3.63, 3.8) is 0 Å². The van der Waals surface area contributed by atoms with Crippen LogP contribution in [0, 0.1) is 0 Å². The van der Waals surface area contributed by atoms with Crippen molar-refractivity contribution in [3.05, 3.63) is 82.7 Å². The van der Waals surface area contributed by atoms with Crippen LogP contribution in [-0.4, -0.2) is 20.3 Å². The maximum Gasteiger partial charge on any atom is 0.206 e. The molecule has 3 heterocycles. The Morgan fingerprint density at radius 3 is 2.83 bits per heavy atom. The average Bonchev–Trinajstić information content (AvgIpc) is 3.23. The zero-order chi connectivity index (χ0) is 15.6. The molecular weight excluding hydrogens is 306 g/mol. The number of hydrogen-bond acceptors (Lipinski definition) is 4. The van der Waals surface area contributed by atoms with Crippen LogP contribution >= 0.6 is 11.3 Å². The summed E-state index contributed by atoms with van der Waals surface area (Å²) in [7, 11) is 0. The molecule has 4 nitrogen and oxygen atoms in total. The van der Waals surface area contributed by atoms with E-state index in [9.17, 15) is 4.79 Å². The molecule has 0 fully saturated rings. The Kier molecular flexibility index (Phi) is 3.48. The van der Waals surface area contributed by atoms with Crippen molar-refractivity contribution in [2.45, 2.75) is 6.54 Å². The quantitative estimate of drug-likeness (QED) is 0.538. The summed E-state index contributed by atoms with van der Waals surface area (Å²) in [5.74, 6) is -0.0285. The van der Waals surface area contributed by atoms with Gasteiger partial charge in [-0.25, -0.2) is 9.97 Å². The first-order chi connectivity index (χ1) is 11.3. The number of para-hydroxylation sites is 1. The van der Waals surface area contributed by atoms with Crippen LogP contribution in [0.4, 0.5) is 0 Å². The molecule has 0 saturated heterocycles. The molecule has 4 aromatic rings. The van der Waals surface area contributed by atoms with Crippen LogP contribution in [-0.2, 0) is 6.54 Å². The van der Waals surface area contributed by atoms with Crippen LogP contribution in [0.3, 0.4) is 0 Å². The molecule has 0 atom stereocenters. The van der Waals surface area contributed by atoms with Crippen molar-refractivity contribution >= 4 is 28.0 Å². The monoisotopic (exact) mass is 319 g/mol. The maximum absolute atomic E-state index is 12.4. The van der Waals surface area contributed by atoms with E-state index in [1.165, 1.54) is 28.6 Å². The third kappa shape index (κ3) is 2.66. The van der Waals surface area contributed by atoms with Crippen molar-refractivity contribution in [1.29, 1.82) is 0 Å². The third-order valence-corrected chi connectivity index (χ3v) is 4.71. The van der Waals surface area contributed by atoms with Crippen LogP contribution < -0.4 is 0 Å². The highest BCUT2D eigenvalue weighted by atomic mass is 32.1. The van der Waals surface area contributed by atoms with Gasteiger partial charge in [-0.2, -0.15) is 0 Å². The first-order valence-electron chi connectivity index (χ1n) is 7.22. The number of carbonyl (C=O) groups is 1. The zero-order valence-electron chi connectivity index (χ0n) is 12.2. The summed E-state index contributed by atoms with van der Waals surface area (Å²) in [6.45, 7) is 0.753. The molecule has 0 aliphatic carbocycles. The van der Waals surface area contributed by atoms with E-state index in [4.69, 9.17) is 0 Å². The average molecular weight is 319 g/mol. The Morgan fingerprint density at radius 2 is 1.96 bits per heavy atom. The standard InChI is InChI=1S/C18H13N3OS/c22-18(15-8-19-12-20-9-15)17-7-13(11-23-17)10-21-6-5-14-3-1-2-4-16(14)21/h1-9,11-12H,10H2. The van der Waals surface area contributed by atoms with Gasteiger partial charge in [0.05, 0.1) is 10.4 Å². The van der Waals surface area contributed by atoms with Gasteiger partial charge in [0, 0.05) is 30.7 Å². The first-order valence-corrected chi connectivity index (χ1v) is 8.10. The van der Waals surface area contributed by atoms with Crippen LogP contribution in [0.2, 0.25) is 0 Å². The molecule has 0 amide bonds. The summed E-state index contributed by atoms with van der Waals surface area (Å²) in [5.41, 5.74) is 2.84. The fourth-order valence-corrected chi connectivity index (χ4v) is 3.48. The van der Waals surface area contributed by atoms with Crippen molar-refractivity contribution in [3.8, 4) is 0 Å². The highest BCUT2D eigenvalue weighted by molar-refractivity contribution is 7.12. The summed E-state index contributed by atoms with van der Waals surface area (Å²) in [6, 6.07) is 12.3. The zero-order valence-corrected chi connectivity index (χ0v) is 13.0. The molecule has 0 aliphatic rings. The molecular formula is C18H13N3OS. The molecule has 112 valence electrons. The van der Waals surface area contributed by atoms with Gasteiger partial charge < -0.3 is 4.57 Å². The lowest BCUT2D eigenvalue weighted by atomic mass is 10.2. The van der Waals surface area contributed by atoms with Gasteiger partial charge in [0.1, 0.15) is 6.33 Å². The number of aromatic nitrogens is 3. The van der Waals surface area contributed by atoms with Gasteiger partial charge in [0.25, 0.3) is 0 Å². The predicted molar refractivity (Wildman–Crippen MR) is 90.8 cm³/mol. The fourth-order valence-electron chi connectivity index (χ4n) is 2.61. The third-order valence-electron chi connectivity index (χ3n) is 3.73. The van der Waals surface area contributed by atoms with Crippen LogP contribution in [0.1, 0.15) is 20.8 Å². The van der Waals surface area contributed by atoms with Gasteiger partial charge in [0.15, 0.2) is 0 Å². The van der Waals surface area contributed by atoms with Gasteiger partial charge in [-0.05, 0) is 34.5 Å². The van der Waals surface area contributed by atoms with E-state index in [1.54, 1.807) is 12.4 Å². The lowest BCUT2D eigenvalue weighted by Gasteiger charge is -2.03. The van der Waals surface area contributed by atoms with E-state index in [1.807, 2.05) is 23.6 Å². The molecule has 0 unspecified atom stereocenters.